The molecule has 2 rings (SSSR count). The zero-order valence-electron chi connectivity index (χ0n) is 16.5. The summed E-state index contributed by atoms with van der Waals surface area (Å²) in [6.07, 6.45) is -1.08. The van der Waals surface area contributed by atoms with Crippen molar-refractivity contribution in [3.8, 4) is 0 Å². The van der Waals surface area contributed by atoms with E-state index in [1.165, 1.54) is 0 Å². The van der Waals surface area contributed by atoms with Crippen LogP contribution in [0, 0.1) is 11.6 Å². The molecule has 0 fully saturated rings. The maximum atomic E-state index is 13.8. The second kappa shape index (κ2) is 10.3. The number of aliphatic hydroxyl groups is 1. The first kappa shape index (κ1) is 25.3. The highest BCUT2D eigenvalue weighted by Crippen LogP contribution is 2.21. The van der Waals surface area contributed by atoms with Crippen LogP contribution in [0.25, 0.3) is 0 Å². The molecule has 0 spiro atoms. The van der Waals surface area contributed by atoms with Gasteiger partial charge >= 0.3 is 0 Å². The average Bonchev–Trinajstić information content (AvgIpc) is 2.56. The molecular weight excluding hydrogens is 421 g/mol. The Kier molecular flexibility index (Phi) is 9.03. The zero-order chi connectivity index (χ0) is 21.1. The van der Waals surface area contributed by atoms with Crippen molar-refractivity contribution in [3.05, 3.63) is 69.7 Å². The van der Waals surface area contributed by atoms with Gasteiger partial charge in [0.1, 0.15) is 11.6 Å². The molecule has 0 bridgehead atoms. The molecule has 0 aromatic heterocycles. The number of aliphatic hydroxyl groups excluding tert-OH is 1. The van der Waals surface area contributed by atoms with Crippen molar-refractivity contribution < 1.29 is 18.7 Å². The van der Waals surface area contributed by atoms with E-state index in [0.29, 0.717) is 16.1 Å². The minimum absolute atomic E-state index is 0. The van der Waals surface area contributed by atoms with Gasteiger partial charge in [0.15, 0.2) is 0 Å². The van der Waals surface area contributed by atoms with E-state index in [1.54, 1.807) is 18.2 Å². The number of nitrogens with two attached hydrogens (primary N) is 1. The van der Waals surface area contributed by atoms with Gasteiger partial charge in [-0.1, -0.05) is 11.6 Å². The summed E-state index contributed by atoms with van der Waals surface area (Å²) in [6, 6.07) is 7.03. The van der Waals surface area contributed by atoms with Crippen LogP contribution in [-0.4, -0.2) is 28.7 Å². The summed E-state index contributed by atoms with van der Waals surface area (Å²) in [6.45, 7) is 5.58. The first-order valence-electron chi connectivity index (χ1n) is 8.95. The Morgan fingerprint density at radius 2 is 1.79 bits per heavy atom. The second-order valence-corrected chi connectivity index (χ2v) is 8.32. The van der Waals surface area contributed by atoms with Gasteiger partial charge in [-0.25, -0.2) is 8.78 Å². The van der Waals surface area contributed by atoms with Crippen LogP contribution in [0.1, 0.15) is 42.3 Å². The average molecular weight is 447 g/mol. The number of nitrogens with one attached hydrogen (secondary N) is 1. The molecule has 8 heteroatoms. The lowest BCUT2D eigenvalue weighted by molar-refractivity contribution is 0.0917. The van der Waals surface area contributed by atoms with Gasteiger partial charge in [0, 0.05) is 28.6 Å². The zero-order valence-corrected chi connectivity index (χ0v) is 18.1. The molecule has 0 aliphatic heterocycles. The van der Waals surface area contributed by atoms with Crippen LogP contribution in [0.15, 0.2) is 36.4 Å². The Hall–Kier alpha value is -1.73. The molecule has 0 heterocycles. The molecule has 2 aromatic rings. The summed E-state index contributed by atoms with van der Waals surface area (Å²) in [5, 5.41) is 13.8. The van der Waals surface area contributed by atoms with E-state index in [1.807, 2.05) is 20.8 Å². The summed E-state index contributed by atoms with van der Waals surface area (Å²) in [4.78, 5) is 12.6. The summed E-state index contributed by atoms with van der Waals surface area (Å²) in [5.41, 5.74) is 6.57. The smallest absolute Gasteiger partial charge is 0.251 e. The fraction of sp³-hybridized carbons (Fsp3) is 0.381. The van der Waals surface area contributed by atoms with Crippen LogP contribution in [0.2, 0.25) is 5.02 Å². The highest BCUT2D eigenvalue weighted by Gasteiger charge is 2.23. The minimum Gasteiger partial charge on any atom is -0.391 e. The van der Waals surface area contributed by atoms with Crippen molar-refractivity contribution in [1.29, 1.82) is 0 Å². The van der Waals surface area contributed by atoms with Crippen LogP contribution in [0.4, 0.5) is 8.78 Å². The van der Waals surface area contributed by atoms with Crippen molar-refractivity contribution in [1.82, 2.24) is 5.32 Å². The van der Waals surface area contributed by atoms with Gasteiger partial charge in [-0.3, -0.25) is 4.79 Å². The lowest BCUT2D eigenvalue weighted by Crippen LogP contribution is -2.42. The van der Waals surface area contributed by atoms with Gasteiger partial charge < -0.3 is 16.2 Å². The van der Waals surface area contributed by atoms with E-state index in [2.05, 4.69) is 5.32 Å². The monoisotopic (exact) mass is 446 g/mol. The van der Waals surface area contributed by atoms with Gasteiger partial charge in [0.2, 0.25) is 0 Å². The van der Waals surface area contributed by atoms with Crippen LogP contribution in [0.3, 0.4) is 0 Å². The molecule has 0 saturated carbocycles. The Morgan fingerprint density at radius 1 is 1.14 bits per heavy atom. The van der Waals surface area contributed by atoms with Crippen molar-refractivity contribution in [2.24, 2.45) is 5.73 Å². The number of hydrogen-bond acceptors (Lipinski definition) is 3. The van der Waals surface area contributed by atoms with Crippen molar-refractivity contribution in [2.75, 3.05) is 0 Å². The van der Waals surface area contributed by atoms with Crippen LogP contribution in [0.5, 0.6) is 0 Å². The summed E-state index contributed by atoms with van der Waals surface area (Å²) >= 11 is 6.05. The first-order valence-corrected chi connectivity index (χ1v) is 9.32. The molecule has 29 heavy (non-hydrogen) atoms. The third-order valence-electron chi connectivity index (χ3n) is 4.19. The molecule has 0 saturated heterocycles. The largest absolute Gasteiger partial charge is 0.391 e. The van der Waals surface area contributed by atoms with Crippen molar-refractivity contribution in [3.63, 3.8) is 0 Å². The topological polar surface area (TPSA) is 75.3 Å². The maximum Gasteiger partial charge on any atom is 0.251 e. The third-order valence-corrected chi connectivity index (χ3v) is 4.42. The highest BCUT2D eigenvalue weighted by atomic mass is 35.5. The van der Waals surface area contributed by atoms with E-state index in [9.17, 15) is 18.7 Å². The van der Waals surface area contributed by atoms with Gasteiger partial charge in [-0.15, -0.1) is 12.4 Å². The van der Waals surface area contributed by atoms with Crippen molar-refractivity contribution in [2.45, 2.75) is 51.3 Å². The quantitative estimate of drug-likeness (QED) is 0.626. The Morgan fingerprint density at radius 3 is 2.41 bits per heavy atom. The van der Waals surface area contributed by atoms with E-state index < -0.39 is 29.3 Å². The van der Waals surface area contributed by atoms with E-state index in [4.69, 9.17) is 17.3 Å². The molecule has 0 aliphatic rings. The fourth-order valence-electron chi connectivity index (χ4n) is 2.83. The number of rotatable bonds is 6. The van der Waals surface area contributed by atoms with Gasteiger partial charge in [-0.2, -0.15) is 0 Å². The predicted octanol–water partition coefficient (Wildman–Crippen LogP) is 4.04. The van der Waals surface area contributed by atoms with E-state index in [0.717, 1.165) is 18.2 Å². The minimum atomic E-state index is -1.08. The number of carbonyl (C=O) groups excluding carboxylic acids is 1. The SMILES string of the molecule is CC(C)(C)NC(=O)c1ccc(Cl)cc1C[C@H](O)[C@H](N)Cc1cc(F)ccc1F.Cl. The molecule has 0 radical (unpaired) electrons. The van der Waals surface area contributed by atoms with Gasteiger partial charge in [0.25, 0.3) is 5.91 Å². The first-order chi connectivity index (χ1) is 13.0. The fourth-order valence-corrected chi connectivity index (χ4v) is 3.02. The maximum absolute atomic E-state index is 13.8. The summed E-state index contributed by atoms with van der Waals surface area (Å²) < 4.78 is 27.2. The number of hydrogen-bond donors (Lipinski definition) is 3. The second-order valence-electron chi connectivity index (χ2n) is 7.88. The molecule has 0 aliphatic carbocycles. The number of halogens is 4. The van der Waals surface area contributed by atoms with Crippen molar-refractivity contribution >= 4 is 29.9 Å². The summed E-state index contributed by atoms with van der Waals surface area (Å²) in [5.74, 6) is -1.46. The molecule has 4 N–H and O–H groups in total. The number of amides is 1. The Balaban J connectivity index is 0.00000420. The molecule has 2 atom stereocenters. The van der Waals surface area contributed by atoms with Crippen LogP contribution in [-0.2, 0) is 12.8 Å². The van der Waals surface area contributed by atoms with Gasteiger partial charge in [0.05, 0.1) is 6.10 Å². The predicted molar refractivity (Wildman–Crippen MR) is 114 cm³/mol. The van der Waals surface area contributed by atoms with Crippen LogP contribution < -0.4 is 11.1 Å². The van der Waals surface area contributed by atoms with Crippen LogP contribution >= 0.6 is 24.0 Å². The lowest BCUT2D eigenvalue weighted by Gasteiger charge is -2.23. The standard InChI is InChI=1S/C21H25ClF2N2O2.ClH/c1-21(2,3)26-20(28)16-6-4-14(22)8-12(16)11-19(27)18(25)10-13-9-15(23)5-7-17(13)24;/h4-9,18-19,27H,10-11,25H2,1-3H3,(H,26,28);1H/t18-,19+;/m1./s1. The third kappa shape index (κ3) is 7.55. The summed E-state index contributed by atoms with van der Waals surface area (Å²) in [7, 11) is 0. The Bertz CT molecular complexity index is 857. The normalized spacial score (nSPS) is 13.4. The van der Waals surface area contributed by atoms with Gasteiger partial charge in [-0.05, 0) is 74.7 Å². The highest BCUT2D eigenvalue weighted by molar-refractivity contribution is 6.30. The molecule has 4 nitrogen and oxygen atoms in total. The Labute approximate surface area is 180 Å². The molecule has 160 valence electrons. The van der Waals surface area contributed by atoms with E-state index in [-0.39, 0.29) is 36.7 Å². The molecular formula is C21H26Cl2F2N2O2. The molecule has 1 amide bonds. The molecule has 2 aromatic carbocycles. The van der Waals surface area contributed by atoms with E-state index >= 15 is 0 Å². The lowest BCUT2D eigenvalue weighted by atomic mass is 9.94. The number of carbonyl (C=O) groups is 1. The number of benzene rings is 2. The molecule has 0 unspecified atom stereocenters.